The third-order valence-corrected chi connectivity index (χ3v) is 5.35. The van der Waals surface area contributed by atoms with Gasteiger partial charge in [0, 0.05) is 57.9 Å². The Morgan fingerprint density at radius 2 is 2.03 bits per heavy atom. The summed E-state index contributed by atoms with van der Waals surface area (Å²) in [6.07, 6.45) is 1.96. The Kier molecular flexibility index (Phi) is 5.24. The van der Waals surface area contributed by atoms with Crippen LogP contribution in [0, 0.1) is 0 Å². The number of anilines is 2. The molecule has 1 aromatic heterocycles. The van der Waals surface area contributed by atoms with Crippen molar-refractivity contribution in [3.05, 3.63) is 30.6 Å². The zero-order chi connectivity index (χ0) is 20.4. The Morgan fingerprint density at radius 1 is 1.24 bits per heavy atom. The van der Waals surface area contributed by atoms with Crippen LogP contribution in [0.1, 0.15) is 6.42 Å². The lowest BCUT2D eigenvalue weighted by Gasteiger charge is -2.35. The van der Waals surface area contributed by atoms with E-state index in [1.54, 1.807) is 23.2 Å². The van der Waals surface area contributed by atoms with Crippen molar-refractivity contribution < 1.29 is 14.3 Å². The maximum Gasteiger partial charge on any atom is 0.317 e. The van der Waals surface area contributed by atoms with Crippen molar-refractivity contribution in [2.24, 2.45) is 7.05 Å². The van der Waals surface area contributed by atoms with Crippen LogP contribution >= 0.6 is 0 Å². The SMILES string of the molecule is COc1cccc(N2CC(NC(=O)N3CCN(c4nncn4C)CC3)CC2=O)c1. The number of nitrogens with zero attached hydrogens (tertiary/aromatic N) is 6. The van der Waals surface area contributed by atoms with Gasteiger partial charge in [-0.15, -0.1) is 10.2 Å². The largest absolute Gasteiger partial charge is 0.497 e. The van der Waals surface area contributed by atoms with Gasteiger partial charge in [-0.05, 0) is 12.1 Å². The quantitative estimate of drug-likeness (QED) is 0.803. The smallest absolute Gasteiger partial charge is 0.317 e. The molecule has 2 aliphatic rings. The molecule has 3 amide bonds. The van der Waals surface area contributed by atoms with Crippen molar-refractivity contribution in [3.63, 3.8) is 0 Å². The molecule has 1 aromatic carbocycles. The minimum Gasteiger partial charge on any atom is -0.497 e. The number of hydrogen-bond donors (Lipinski definition) is 1. The second-order valence-electron chi connectivity index (χ2n) is 7.27. The number of aromatic nitrogens is 3. The lowest BCUT2D eigenvalue weighted by molar-refractivity contribution is -0.117. The van der Waals surface area contributed by atoms with E-state index in [0.717, 1.165) is 11.6 Å². The van der Waals surface area contributed by atoms with Crippen molar-refractivity contribution in [1.82, 2.24) is 25.0 Å². The molecule has 2 fully saturated rings. The molecule has 1 N–H and O–H groups in total. The highest BCUT2D eigenvalue weighted by Crippen LogP contribution is 2.25. The number of nitrogens with one attached hydrogen (secondary N) is 1. The van der Waals surface area contributed by atoms with Crippen molar-refractivity contribution in [3.8, 4) is 5.75 Å². The number of benzene rings is 1. The standard InChI is InChI=1S/C19H25N7O3/c1-23-13-20-22-18(23)24-6-8-25(9-7-24)19(28)21-14-10-17(27)26(12-14)15-4-3-5-16(11-15)29-2/h3-5,11,13-14H,6-10,12H2,1-2H3,(H,21,28). The second kappa shape index (κ2) is 7.98. The van der Waals surface area contributed by atoms with E-state index < -0.39 is 0 Å². The minimum absolute atomic E-state index is 0.00402. The Labute approximate surface area is 169 Å². The van der Waals surface area contributed by atoms with Gasteiger partial charge in [0.2, 0.25) is 11.9 Å². The summed E-state index contributed by atoms with van der Waals surface area (Å²) in [6, 6.07) is 7.05. The van der Waals surface area contributed by atoms with Crippen LogP contribution in [0.2, 0.25) is 0 Å². The summed E-state index contributed by atoms with van der Waals surface area (Å²) in [5, 5.41) is 11.0. The number of rotatable bonds is 4. The van der Waals surface area contributed by atoms with Gasteiger partial charge in [-0.1, -0.05) is 6.07 Å². The number of urea groups is 1. The first kappa shape index (κ1) is 19.0. The van der Waals surface area contributed by atoms with Gasteiger partial charge >= 0.3 is 6.03 Å². The lowest BCUT2D eigenvalue weighted by Crippen LogP contribution is -2.54. The first-order valence-corrected chi connectivity index (χ1v) is 9.64. The summed E-state index contributed by atoms with van der Waals surface area (Å²) in [6.45, 7) is 3.04. The van der Waals surface area contributed by atoms with E-state index in [2.05, 4.69) is 20.4 Å². The third kappa shape index (κ3) is 3.96. The summed E-state index contributed by atoms with van der Waals surface area (Å²) in [5.74, 6) is 1.50. The molecule has 2 aliphatic heterocycles. The maximum absolute atomic E-state index is 12.7. The molecule has 1 atom stereocenters. The normalized spacial score (nSPS) is 19.6. The number of ether oxygens (including phenoxy) is 1. The molecule has 10 nitrogen and oxygen atoms in total. The Balaban J connectivity index is 1.31. The maximum atomic E-state index is 12.7. The van der Waals surface area contributed by atoms with E-state index in [9.17, 15) is 9.59 Å². The number of carbonyl (C=O) groups excluding carboxylic acids is 2. The number of hydrogen-bond acceptors (Lipinski definition) is 6. The van der Waals surface area contributed by atoms with Gasteiger partial charge in [0.15, 0.2) is 0 Å². The van der Waals surface area contributed by atoms with Crippen LogP contribution in [0.3, 0.4) is 0 Å². The van der Waals surface area contributed by atoms with Crippen LogP contribution in [0.25, 0.3) is 0 Å². The summed E-state index contributed by atoms with van der Waals surface area (Å²) in [4.78, 5) is 30.7. The molecule has 2 saturated heterocycles. The van der Waals surface area contributed by atoms with Gasteiger partial charge in [-0.3, -0.25) is 4.79 Å². The number of piperazine rings is 1. The van der Waals surface area contributed by atoms with Crippen molar-refractivity contribution >= 4 is 23.6 Å². The number of methoxy groups -OCH3 is 1. The summed E-state index contributed by atoms with van der Waals surface area (Å²) in [7, 11) is 3.50. The van der Waals surface area contributed by atoms with E-state index in [4.69, 9.17) is 4.74 Å². The molecule has 4 rings (SSSR count). The average molecular weight is 399 g/mol. The van der Waals surface area contributed by atoms with Crippen LogP contribution in [0.5, 0.6) is 5.75 Å². The highest BCUT2D eigenvalue weighted by atomic mass is 16.5. The van der Waals surface area contributed by atoms with Crippen molar-refractivity contribution in [2.75, 3.05) is 49.6 Å². The molecule has 0 bridgehead atoms. The Morgan fingerprint density at radius 3 is 2.72 bits per heavy atom. The van der Waals surface area contributed by atoms with E-state index in [1.165, 1.54) is 0 Å². The van der Waals surface area contributed by atoms with Crippen molar-refractivity contribution in [2.45, 2.75) is 12.5 Å². The van der Waals surface area contributed by atoms with E-state index in [0.29, 0.717) is 44.9 Å². The van der Waals surface area contributed by atoms with E-state index in [-0.39, 0.29) is 18.0 Å². The highest BCUT2D eigenvalue weighted by molar-refractivity contribution is 5.97. The average Bonchev–Trinajstić information content (AvgIpc) is 3.33. The second-order valence-corrected chi connectivity index (χ2v) is 7.27. The van der Waals surface area contributed by atoms with Crippen molar-refractivity contribution in [1.29, 1.82) is 0 Å². The zero-order valence-corrected chi connectivity index (χ0v) is 16.6. The van der Waals surface area contributed by atoms with Gasteiger partial charge in [0.1, 0.15) is 12.1 Å². The zero-order valence-electron chi connectivity index (χ0n) is 16.6. The summed E-state index contributed by atoms with van der Waals surface area (Å²) in [5.41, 5.74) is 0.781. The Bertz CT molecular complexity index is 891. The fraction of sp³-hybridized carbons (Fsp3) is 0.474. The number of carbonyl (C=O) groups is 2. The highest BCUT2D eigenvalue weighted by Gasteiger charge is 2.33. The molecular weight excluding hydrogens is 374 g/mol. The van der Waals surface area contributed by atoms with Gasteiger partial charge in [-0.2, -0.15) is 0 Å². The lowest BCUT2D eigenvalue weighted by atomic mass is 10.2. The fourth-order valence-corrected chi connectivity index (χ4v) is 3.77. The van der Waals surface area contributed by atoms with Gasteiger partial charge < -0.3 is 29.3 Å². The fourth-order valence-electron chi connectivity index (χ4n) is 3.77. The minimum atomic E-state index is -0.210. The predicted octanol–water partition coefficient (Wildman–Crippen LogP) is 0.461. The molecule has 1 unspecified atom stereocenters. The van der Waals surface area contributed by atoms with Crippen LogP contribution in [0.4, 0.5) is 16.4 Å². The van der Waals surface area contributed by atoms with E-state index >= 15 is 0 Å². The third-order valence-electron chi connectivity index (χ3n) is 5.35. The molecule has 29 heavy (non-hydrogen) atoms. The number of aryl methyl sites for hydroxylation is 1. The molecule has 0 spiro atoms. The van der Waals surface area contributed by atoms with Gasteiger partial charge in [0.25, 0.3) is 0 Å². The summed E-state index contributed by atoms with van der Waals surface area (Å²) < 4.78 is 7.10. The van der Waals surface area contributed by atoms with Crippen LogP contribution in [0.15, 0.2) is 30.6 Å². The van der Waals surface area contributed by atoms with E-state index in [1.807, 2.05) is 35.9 Å². The molecule has 0 aliphatic carbocycles. The van der Waals surface area contributed by atoms with Crippen LogP contribution in [-0.4, -0.2) is 77.5 Å². The monoisotopic (exact) mass is 399 g/mol. The van der Waals surface area contributed by atoms with Gasteiger partial charge in [-0.25, -0.2) is 4.79 Å². The molecule has 2 aromatic rings. The predicted molar refractivity (Wildman–Crippen MR) is 107 cm³/mol. The number of amides is 3. The molecule has 0 saturated carbocycles. The molecule has 3 heterocycles. The van der Waals surface area contributed by atoms with Crippen LogP contribution in [-0.2, 0) is 11.8 Å². The topological polar surface area (TPSA) is 95.8 Å². The van der Waals surface area contributed by atoms with Crippen LogP contribution < -0.4 is 19.9 Å². The van der Waals surface area contributed by atoms with Gasteiger partial charge in [0.05, 0.1) is 13.2 Å². The first-order chi connectivity index (χ1) is 14.0. The molecular formula is C19H25N7O3. The summed E-state index contributed by atoms with van der Waals surface area (Å²) >= 11 is 0. The first-order valence-electron chi connectivity index (χ1n) is 9.64. The Hall–Kier alpha value is -3.30. The molecule has 0 radical (unpaired) electrons. The molecule has 154 valence electrons. The molecule has 10 heteroatoms.